The zero-order chi connectivity index (χ0) is 15.8. The van der Waals surface area contributed by atoms with Crippen LogP contribution < -0.4 is 16.0 Å². The number of benzene rings is 1. The molecule has 5 nitrogen and oxygen atoms in total. The molecule has 7 heteroatoms. The Morgan fingerprint density at radius 2 is 1.91 bits per heavy atom. The summed E-state index contributed by atoms with van der Waals surface area (Å²) in [5, 5.41) is 8.32. The molecule has 1 aliphatic rings. The van der Waals surface area contributed by atoms with Crippen molar-refractivity contribution in [1.29, 1.82) is 0 Å². The minimum Gasteiger partial charge on any atom is -0.356 e. The number of hydrogen-bond acceptors (Lipinski definition) is 4. The van der Waals surface area contributed by atoms with Crippen molar-refractivity contribution in [2.24, 2.45) is 0 Å². The summed E-state index contributed by atoms with van der Waals surface area (Å²) >= 11 is 3.89. The zero-order valence-electron chi connectivity index (χ0n) is 12.6. The monoisotopic (exact) mass is 339 g/mol. The molecule has 22 heavy (non-hydrogen) atoms. The topological polar surface area (TPSA) is 70.2 Å². The fourth-order valence-corrected chi connectivity index (χ4v) is 4.88. The lowest BCUT2D eigenvalue weighted by atomic mass is 10.2. The van der Waals surface area contributed by atoms with Gasteiger partial charge in [-0.15, -0.1) is 23.5 Å². The summed E-state index contributed by atoms with van der Waals surface area (Å²) in [6.07, 6.45) is 0.711. The molecule has 2 rings (SSSR count). The largest absolute Gasteiger partial charge is 0.356 e. The highest BCUT2D eigenvalue weighted by Gasteiger charge is 2.18. The maximum Gasteiger partial charge on any atom is 0.319 e. The highest BCUT2D eigenvalue weighted by molar-refractivity contribution is 8.19. The van der Waals surface area contributed by atoms with Crippen molar-refractivity contribution >= 4 is 41.1 Å². The normalized spacial score (nSPS) is 14.6. The van der Waals surface area contributed by atoms with Crippen molar-refractivity contribution in [3.63, 3.8) is 0 Å². The van der Waals surface area contributed by atoms with Crippen LogP contribution in [0.5, 0.6) is 0 Å². The number of thioether (sulfide) groups is 2. The van der Waals surface area contributed by atoms with Crippen molar-refractivity contribution in [2.75, 3.05) is 29.9 Å². The van der Waals surface area contributed by atoms with E-state index in [0.717, 1.165) is 5.69 Å². The number of hydrogen-bond donors (Lipinski definition) is 3. The second-order valence-electron chi connectivity index (χ2n) is 4.92. The van der Waals surface area contributed by atoms with E-state index in [1.54, 1.807) is 0 Å². The summed E-state index contributed by atoms with van der Waals surface area (Å²) < 4.78 is 0.475. The average molecular weight is 339 g/mol. The lowest BCUT2D eigenvalue weighted by Gasteiger charge is -2.12. The molecule has 3 amide bonds. The summed E-state index contributed by atoms with van der Waals surface area (Å²) in [6.45, 7) is 2.58. The Hall–Kier alpha value is -1.34. The molecule has 0 unspecified atom stereocenters. The number of anilines is 1. The first-order valence-electron chi connectivity index (χ1n) is 7.27. The SMILES string of the molecule is CC(=O)NCCCNC(=O)Nc1cccc(C2SCCS2)c1. The van der Waals surface area contributed by atoms with Crippen LogP contribution >= 0.6 is 23.5 Å². The van der Waals surface area contributed by atoms with Gasteiger partial charge in [0.1, 0.15) is 0 Å². The third-order valence-electron chi connectivity index (χ3n) is 3.05. The molecule has 0 spiro atoms. The van der Waals surface area contributed by atoms with Crippen molar-refractivity contribution in [2.45, 2.75) is 17.9 Å². The number of carbonyl (C=O) groups is 2. The molecular weight excluding hydrogens is 318 g/mol. The van der Waals surface area contributed by atoms with E-state index in [2.05, 4.69) is 22.0 Å². The summed E-state index contributed by atoms with van der Waals surface area (Å²) in [5.41, 5.74) is 2.06. The smallest absolute Gasteiger partial charge is 0.319 e. The summed E-state index contributed by atoms with van der Waals surface area (Å²) in [5.74, 6) is 2.31. The fourth-order valence-electron chi connectivity index (χ4n) is 2.04. The van der Waals surface area contributed by atoms with Crippen LogP contribution in [0, 0.1) is 0 Å². The molecule has 0 atom stereocenters. The van der Waals surface area contributed by atoms with Crippen molar-refractivity contribution in [1.82, 2.24) is 10.6 Å². The maximum absolute atomic E-state index is 11.8. The van der Waals surface area contributed by atoms with Gasteiger partial charge in [-0.2, -0.15) is 0 Å². The molecular formula is C15H21N3O2S2. The van der Waals surface area contributed by atoms with Gasteiger partial charge in [-0.1, -0.05) is 12.1 Å². The maximum atomic E-state index is 11.8. The Morgan fingerprint density at radius 3 is 2.64 bits per heavy atom. The van der Waals surface area contributed by atoms with E-state index in [1.165, 1.54) is 24.0 Å². The Bertz CT molecular complexity index is 519. The van der Waals surface area contributed by atoms with Crippen LogP contribution in [0.4, 0.5) is 10.5 Å². The van der Waals surface area contributed by atoms with Gasteiger partial charge in [0.05, 0.1) is 4.58 Å². The molecule has 0 radical (unpaired) electrons. The second-order valence-corrected chi connectivity index (χ2v) is 7.64. The van der Waals surface area contributed by atoms with E-state index in [0.29, 0.717) is 24.1 Å². The number of rotatable bonds is 6. The first-order chi connectivity index (χ1) is 10.6. The zero-order valence-corrected chi connectivity index (χ0v) is 14.2. The van der Waals surface area contributed by atoms with Crippen LogP contribution in [-0.4, -0.2) is 36.5 Å². The average Bonchev–Trinajstić information content (AvgIpc) is 3.01. The summed E-state index contributed by atoms with van der Waals surface area (Å²) in [6, 6.07) is 7.79. The molecule has 1 heterocycles. The molecule has 1 saturated heterocycles. The molecule has 120 valence electrons. The lowest BCUT2D eigenvalue weighted by Crippen LogP contribution is -2.32. The Kier molecular flexibility index (Phi) is 6.92. The third kappa shape index (κ3) is 5.81. The van der Waals surface area contributed by atoms with Gasteiger partial charge in [0.25, 0.3) is 0 Å². The van der Waals surface area contributed by atoms with Gasteiger partial charge in [-0.3, -0.25) is 4.79 Å². The predicted octanol–water partition coefficient (Wildman–Crippen LogP) is 2.81. The van der Waals surface area contributed by atoms with Crippen molar-refractivity contribution in [3.8, 4) is 0 Å². The van der Waals surface area contributed by atoms with Crippen LogP contribution in [0.15, 0.2) is 24.3 Å². The Labute approximate surface area is 139 Å². The number of urea groups is 1. The molecule has 3 N–H and O–H groups in total. The van der Waals surface area contributed by atoms with Gasteiger partial charge in [0.2, 0.25) is 5.91 Å². The molecule has 0 saturated carbocycles. The van der Waals surface area contributed by atoms with Gasteiger partial charge in [-0.05, 0) is 24.1 Å². The van der Waals surface area contributed by atoms with E-state index < -0.39 is 0 Å². The quantitative estimate of drug-likeness (QED) is 0.697. The first-order valence-corrected chi connectivity index (χ1v) is 9.37. The van der Waals surface area contributed by atoms with Gasteiger partial charge >= 0.3 is 6.03 Å². The van der Waals surface area contributed by atoms with E-state index in [9.17, 15) is 9.59 Å². The highest BCUT2D eigenvalue weighted by Crippen LogP contribution is 2.45. The molecule has 1 aromatic rings. The van der Waals surface area contributed by atoms with Crippen LogP contribution in [0.25, 0.3) is 0 Å². The fraction of sp³-hybridized carbons (Fsp3) is 0.467. The molecule has 1 aliphatic heterocycles. The van der Waals surface area contributed by atoms with E-state index in [1.807, 2.05) is 41.7 Å². The van der Waals surface area contributed by atoms with Gasteiger partial charge in [0.15, 0.2) is 0 Å². The van der Waals surface area contributed by atoms with Gasteiger partial charge in [-0.25, -0.2) is 4.79 Å². The summed E-state index contributed by atoms with van der Waals surface area (Å²) in [4.78, 5) is 22.5. The van der Waals surface area contributed by atoms with Crippen LogP contribution in [0.3, 0.4) is 0 Å². The lowest BCUT2D eigenvalue weighted by molar-refractivity contribution is -0.118. The van der Waals surface area contributed by atoms with Gasteiger partial charge in [0, 0.05) is 37.2 Å². The minimum atomic E-state index is -0.216. The van der Waals surface area contributed by atoms with Crippen LogP contribution in [0.1, 0.15) is 23.5 Å². The standard InChI is InChI=1S/C15H21N3O2S2/c1-11(19)16-6-3-7-17-15(20)18-13-5-2-4-12(10-13)14-21-8-9-22-14/h2,4-5,10,14H,3,6-9H2,1H3,(H,16,19)(H2,17,18,20). The van der Waals surface area contributed by atoms with E-state index >= 15 is 0 Å². The summed E-state index contributed by atoms with van der Waals surface area (Å²) in [7, 11) is 0. The molecule has 0 bridgehead atoms. The minimum absolute atomic E-state index is 0.0519. The van der Waals surface area contributed by atoms with Crippen LogP contribution in [-0.2, 0) is 4.79 Å². The third-order valence-corrected chi connectivity index (χ3v) is 6.16. The van der Waals surface area contributed by atoms with E-state index in [4.69, 9.17) is 0 Å². The predicted molar refractivity (Wildman–Crippen MR) is 94.4 cm³/mol. The van der Waals surface area contributed by atoms with Gasteiger partial charge < -0.3 is 16.0 Å². The second kappa shape index (κ2) is 8.95. The van der Waals surface area contributed by atoms with Crippen LogP contribution in [0.2, 0.25) is 0 Å². The van der Waals surface area contributed by atoms with E-state index in [-0.39, 0.29) is 11.9 Å². The Balaban J connectivity index is 1.74. The Morgan fingerprint density at radius 1 is 1.18 bits per heavy atom. The first kappa shape index (κ1) is 17.0. The van der Waals surface area contributed by atoms with Crippen molar-refractivity contribution in [3.05, 3.63) is 29.8 Å². The highest BCUT2D eigenvalue weighted by atomic mass is 32.2. The number of amides is 3. The number of carbonyl (C=O) groups excluding carboxylic acids is 2. The molecule has 0 aromatic heterocycles. The molecule has 1 fully saturated rings. The number of nitrogens with one attached hydrogen (secondary N) is 3. The van der Waals surface area contributed by atoms with Crippen molar-refractivity contribution < 1.29 is 9.59 Å². The molecule has 1 aromatic carbocycles. The molecule has 0 aliphatic carbocycles.